The molecule has 2 saturated heterocycles. The molecule has 0 saturated carbocycles. The third kappa shape index (κ3) is 28.1. The van der Waals surface area contributed by atoms with Crippen LogP contribution in [0, 0.1) is 11.3 Å². The number of likely N-dealkylation sites (tertiary alicyclic amines) is 1. The first-order valence-corrected chi connectivity index (χ1v) is 31.7. The Hall–Kier alpha value is -7.80. The Morgan fingerprint density at radius 3 is 1.66 bits per heavy atom. The summed E-state index contributed by atoms with van der Waals surface area (Å²) in [5, 5.41) is 28.2. The molecule has 0 radical (unpaired) electrons. The molecule has 514 valence electrons. The maximum atomic E-state index is 14.4. The van der Waals surface area contributed by atoms with E-state index in [1.165, 1.54) is 29.3 Å². The average molecular weight is 1310 g/mol. The van der Waals surface area contributed by atoms with E-state index in [9.17, 15) is 57.5 Å². The summed E-state index contributed by atoms with van der Waals surface area (Å²) in [6, 6.07) is 11.8. The van der Waals surface area contributed by atoms with Gasteiger partial charge in [-0.3, -0.25) is 63.0 Å². The van der Waals surface area contributed by atoms with E-state index in [0.29, 0.717) is 87.4 Å². The van der Waals surface area contributed by atoms with Gasteiger partial charge >= 0.3 is 24.0 Å². The zero-order chi connectivity index (χ0) is 68.9. The fourth-order valence-electron chi connectivity index (χ4n) is 10.2. The number of esters is 3. The number of rotatable bonds is 25. The number of unbranched alkanes of at least 4 members (excludes halogenated alkanes) is 1. The lowest BCUT2D eigenvalue weighted by Crippen LogP contribution is -2.52. The number of phenols is 1. The summed E-state index contributed by atoms with van der Waals surface area (Å²) < 4.78 is 57.1. The number of alkyl halides is 2. The highest BCUT2D eigenvalue weighted by Gasteiger charge is 2.47. The van der Waals surface area contributed by atoms with Crippen LogP contribution in [0.25, 0.3) is 10.9 Å². The van der Waals surface area contributed by atoms with Gasteiger partial charge in [0.2, 0.25) is 17.7 Å². The van der Waals surface area contributed by atoms with E-state index in [4.69, 9.17) is 23.7 Å². The van der Waals surface area contributed by atoms with E-state index in [-0.39, 0.29) is 82.5 Å². The molecule has 93 heavy (non-hydrogen) atoms. The number of nitrogens with one attached hydrogen (secondary N) is 3. The number of hydrogen-bond donors (Lipinski definition) is 4. The highest BCUT2D eigenvalue weighted by atomic mass is 19.3. The number of ether oxygens (including phenoxy) is 5. The van der Waals surface area contributed by atoms with Gasteiger partial charge in [0.1, 0.15) is 46.0 Å². The second-order valence-corrected chi connectivity index (χ2v) is 27.4. The molecule has 5 rings (SSSR count). The van der Waals surface area contributed by atoms with Crippen molar-refractivity contribution in [1.82, 2.24) is 50.3 Å². The van der Waals surface area contributed by atoms with Crippen LogP contribution in [0.2, 0.25) is 0 Å². The van der Waals surface area contributed by atoms with Gasteiger partial charge < -0.3 is 49.6 Å². The number of benzene rings is 2. The minimum Gasteiger partial charge on any atom is -0.508 e. The van der Waals surface area contributed by atoms with Crippen LogP contribution >= 0.6 is 0 Å². The second kappa shape index (κ2) is 34.4. The van der Waals surface area contributed by atoms with Crippen molar-refractivity contribution >= 4 is 58.5 Å². The first-order chi connectivity index (χ1) is 43.4. The van der Waals surface area contributed by atoms with Gasteiger partial charge in [0.05, 0.1) is 63.0 Å². The molecule has 0 unspecified atom stereocenters. The Kier molecular flexibility index (Phi) is 28.1. The van der Waals surface area contributed by atoms with Crippen molar-refractivity contribution in [2.75, 3.05) is 118 Å². The number of aromatic nitrogens is 1. The van der Waals surface area contributed by atoms with Gasteiger partial charge in [0.25, 0.3) is 11.8 Å². The number of halogens is 2. The fraction of sp³-hybridized carbons (Fsp3) is 0.636. The lowest BCUT2D eigenvalue weighted by Gasteiger charge is -2.34. The van der Waals surface area contributed by atoms with Crippen molar-refractivity contribution < 1.29 is 75.9 Å². The Labute approximate surface area is 545 Å². The highest BCUT2D eigenvalue weighted by molar-refractivity contribution is 6.07. The predicted molar refractivity (Wildman–Crippen MR) is 342 cm³/mol. The standard InChI is InChI=1S/C66H97F2N11O14/c1-62(2,3)90-56(83)42-75-29-27-74(28-30-76(43-57(84)91-63(4,5)6)32-34-77(33-31-75)44-58(85)92-64(7,8)9)41-54(81)71-23-13-14-24-72-60(87)53(36-46-16-18-48(80)19-17-46)78(61(88)93-65(10,11)12)26-15-35-89-49-20-21-52-51(37-49)50(22-25-70-52)59(86)73-40-55(82)79-45-66(67,68)38-47(79)39-69/h16-22,25,37,47,53,80H,13-15,23-24,26-36,38,40-45H2,1-12H3,(H,71,81)(H,72,87)(H,73,86)/t47-,53+/m0/s1. The van der Waals surface area contributed by atoms with Gasteiger partial charge in [-0.2, -0.15) is 5.26 Å². The number of fused-ring (bicyclic) bond motifs is 1. The minimum absolute atomic E-state index is 0.00192. The largest absolute Gasteiger partial charge is 0.508 e. The van der Waals surface area contributed by atoms with Gasteiger partial charge in [-0.25, -0.2) is 13.6 Å². The molecule has 1 aromatic heterocycles. The number of hydrogen-bond acceptors (Lipinski definition) is 20. The monoisotopic (exact) mass is 1310 g/mol. The fourth-order valence-corrected chi connectivity index (χ4v) is 10.2. The molecular formula is C66H97F2N11O14. The zero-order valence-corrected chi connectivity index (χ0v) is 56.2. The SMILES string of the molecule is CC(C)(C)OC(=O)CN1CCN(CC(=O)NCCCCNC(=O)[C@@H](Cc2ccc(O)cc2)N(CCCOc2ccc3nccc(C(=O)NCC(=O)N4CC(F)(F)C[C@H]4C#N)c3c2)C(=O)OC(C)(C)C)CCN(CC(=O)OC(C)(C)C)CCN(CC(=O)OC(C)(C)C)CC1. The van der Waals surface area contributed by atoms with Crippen LogP contribution in [0.5, 0.6) is 11.5 Å². The normalized spacial score (nSPS) is 17.0. The van der Waals surface area contributed by atoms with Crippen LogP contribution < -0.4 is 20.7 Å². The molecular weight excluding hydrogens is 1210 g/mol. The Bertz CT molecular complexity index is 3020. The Morgan fingerprint density at radius 1 is 0.667 bits per heavy atom. The zero-order valence-electron chi connectivity index (χ0n) is 56.2. The number of pyridine rings is 1. The molecule has 0 aliphatic carbocycles. The van der Waals surface area contributed by atoms with Crippen LogP contribution in [-0.4, -0.2) is 245 Å². The number of aromatic hydroxyl groups is 1. The van der Waals surface area contributed by atoms with Crippen LogP contribution in [-0.2, 0) is 54.1 Å². The van der Waals surface area contributed by atoms with Crippen molar-refractivity contribution in [2.24, 2.45) is 0 Å². The molecule has 4 N–H and O–H groups in total. The molecule has 2 aliphatic heterocycles. The molecule has 2 atom stereocenters. The number of phenolic OH excluding ortho intramolecular Hbond substituents is 1. The molecule has 2 aromatic carbocycles. The summed E-state index contributed by atoms with van der Waals surface area (Å²) >= 11 is 0. The summed E-state index contributed by atoms with van der Waals surface area (Å²) in [6.45, 7) is 23.2. The smallest absolute Gasteiger partial charge is 0.410 e. The van der Waals surface area contributed by atoms with E-state index in [1.54, 1.807) is 119 Å². The molecule has 2 aliphatic rings. The predicted octanol–water partition coefficient (Wildman–Crippen LogP) is 5.31. The number of carbonyl (C=O) groups excluding carboxylic acids is 8. The first kappa shape index (κ1) is 75.9. The molecule has 3 aromatic rings. The Morgan fingerprint density at radius 2 is 1.16 bits per heavy atom. The van der Waals surface area contributed by atoms with Crippen LogP contribution in [0.4, 0.5) is 13.6 Å². The lowest BCUT2D eigenvalue weighted by atomic mass is 10.0. The molecule has 25 nitrogen and oxygen atoms in total. The van der Waals surface area contributed by atoms with Gasteiger partial charge in [-0.05, 0) is 144 Å². The summed E-state index contributed by atoms with van der Waals surface area (Å²) in [4.78, 5) is 122. The van der Waals surface area contributed by atoms with E-state index in [0.717, 1.165) is 4.90 Å². The lowest BCUT2D eigenvalue weighted by molar-refractivity contribution is -0.158. The molecule has 5 amide bonds. The molecule has 2 fully saturated rings. The Balaban J connectivity index is 1.22. The van der Waals surface area contributed by atoms with E-state index in [1.807, 2.05) is 19.6 Å². The maximum Gasteiger partial charge on any atom is 0.410 e. The number of nitriles is 1. The number of carbonyl (C=O) groups is 8. The van der Waals surface area contributed by atoms with Crippen LogP contribution in [0.3, 0.4) is 0 Å². The average Bonchev–Trinajstić information content (AvgIpc) is 1.81. The quantitative estimate of drug-likeness (QED) is 0.0475. The third-order valence-corrected chi connectivity index (χ3v) is 14.4. The summed E-state index contributed by atoms with van der Waals surface area (Å²) in [5.41, 5.74) is -1.91. The van der Waals surface area contributed by atoms with Crippen molar-refractivity contribution in [3.63, 3.8) is 0 Å². The van der Waals surface area contributed by atoms with Gasteiger partial charge in [-0.1, -0.05) is 12.1 Å². The summed E-state index contributed by atoms with van der Waals surface area (Å²) in [5.74, 6) is -6.39. The van der Waals surface area contributed by atoms with Gasteiger partial charge in [-0.15, -0.1) is 0 Å². The summed E-state index contributed by atoms with van der Waals surface area (Å²) in [7, 11) is 0. The third-order valence-electron chi connectivity index (χ3n) is 14.4. The van der Waals surface area contributed by atoms with Crippen molar-refractivity contribution in [3.05, 3.63) is 65.9 Å². The molecule has 3 heterocycles. The topological polar surface area (TPSA) is 295 Å². The second-order valence-electron chi connectivity index (χ2n) is 27.4. The number of amides is 5. The van der Waals surface area contributed by atoms with Crippen LogP contribution in [0.15, 0.2) is 54.7 Å². The highest BCUT2D eigenvalue weighted by Crippen LogP contribution is 2.32. The number of nitrogens with zero attached hydrogens (tertiary/aromatic N) is 8. The van der Waals surface area contributed by atoms with E-state index < -0.39 is 102 Å². The molecule has 0 bridgehead atoms. The van der Waals surface area contributed by atoms with E-state index >= 15 is 0 Å². The molecule has 27 heteroatoms. The van der Waals surface area contributed by atoms with Crippen molar-refractivity contribution in [2.45, 2.75) is 156 Å². The van der Waals surface area contributed by atoms with Gasteiger partial charge in [0, 0.05) is 96.4 Å². The van der Waals surface area contributed by atoms with Crippen molar-refractivity contribution in [3.8, 4) is 17.6 Å². The summed E-state index contributed by atoms with van der Waals surface area (Å²) in [6.07, 6.45) is 0.999. The van der Waals surface area contributed by atoms with E-state index in [2.05, 4.69) is 20.9 Å². The first-order valence-electron chi connectivity index (χ1n) is 31.7. The van der Waals surface area contributed by atoms with Crippen LogP contribution in [0.1, 0.15) is 125 Å². The minimum atomic E-state index is -3.22. The van der Waals surface area contributed by atoms with Crippen molar-refractivity contribution in [1.29, 1.82) is 5.26 Å². The molecule has 0 spiro atoms. The maximum absolute atomic E-state index is 14.4. The van der Waals surface area contributed by atoms with Gasteiger partial charge in [0.15, 0.2) is 0 Å².